The van der Waals surface area contributed by atoms with Gasteiger partial charge in [-0.15, -0.1) is 13.2 Å². The molecule has 1 unspecified atom stereocenters. The molecule has 0 amide bonds. The molecular formula is C17H23N3. The number of nitrogens with zero attached hydrogens (tertiary/aromatic N) is 2. The smallest absolute Gasteiger partial charge is 0.124 e. The minimum atomic E-state index is 0.212. The van der Waals surface area contributed by atoms with Crippen molar-refractivity contribution in [1.29, 1.82) is 0 Å². The van der Waals surface area contributed by atoms with Crippen LogP contribution in [-0.4, -0.2) is 28.0 Å². The van der Waals surface area contributed by atoms with Crippen LogP contribution in [-0.2, 0) is 6.42 Å². The van der Waals surface area contributed by atoms with E-state index in [4.69, 9.17) is 4.98 Å². The number of rotatable bonds is 7. The first-order valence-corrected chi connectivity index (χ1v) is 7.14. The molecule has 0 aliphatic heterocycles. The number of aryl methyl sites for hydroxylation is 1. The van der Waals surface area contributed by atoms with E-state index in [0.717, 1.165) is 36.4 Å². The molecule has 3 heteroatoms. The molecule has 20 heavy (non-hydrogen) atoms. The Labute approximate surface area is 121 Å². The molecule has 1 N–H and O–H groups in total. The molecule has 0 aliphatic rings. The average Bonchev–Trinajstić information content (AvgIpc) is 2.89. The first-order chi connectivity index (χ1) is 9.69. The van der Waals surface area contributed by atoms with E-state index < -0.39 is 0 Å². The van der Waals surface area contributed by atoms with Crippen LogP contribution >= 0.6 is 0 Å². The van der Waals surface area contributed by atoms with Crippen LogP contribution < -0.4 is 0 Å². The molecule has 1 heterocycles. The lowest BCUT2D eigenvalue weighted by Gasteiger charge is -2.24. The van der Waals surface area contributed by atoms with Gasteiger partial charge < -0.3 is 4.98 Å². The third-order valence-corrected chi connectivity index (χ3v) is 3.64. The zero-order valence-corrected chi connectivity index (χ0v) is 12.4. The molecule has 0 spiro atoms. The average molecular weight is 269 g/mol. The van der Waals surface area contributed by atoms with Crippen molar-refractivity contribution in [2.45, 2.75) is 26.3 Å². The summed E-state index contributed by atoms with van der Waals surface area (Å²) in [6, 6.07) is 6.63. The standard InChI is InChI=1S/C17H23N3/c1-5-10-20(11-6-2)13(4)17-18-15-9-8-14(7-3)12-16(15)19-17/h5-6,8-9,12-13H,1-2,7,10-11H2,3-4H3,(H,18,19). The van der Waals surface area contributed by atoms with Gasteiger partial charge in [-0.3, -0.25) is 4.90 Å². The van der Waals surface area contributed by atoms with Crippen LogP contribution in [0, 0.1) is 0 Å². The number of fused-ring (bicyclic) bond motifs is 1. The second-order valence-corrected chi connectivity index (χ2v) is 5.03. The van der Waals surface area contributed by atoms with Crippen LogP contribution in [0.15, 0.2) is 43.5 Å². The molecule has 0 bridgehead atoms. The lowest BCUT2D eigenvalue weighted by molar-refractivity contribution is 0.252. The lowest BCUT2D eigenvalue weighted by atomic mass is 10.1. The normalized spacial score (nSPS) is 12.8. The molecule has 1 atom stereocenters. The van der Waals surface area contributed by atoms with Crippen LogP contribution in [0.4, 0.5) is 0 Å². The van der Waals surface area contributed by atoms with Crippen molar-refractivity contribution in [3.05, 3.63) is 54.9 Å². The summed E-state index contributed by atoms with van der Waals surface area (Å²) in [6.45, 7) is 13.6. The number of aromatic nitrogens is 2. The first kappa shape index (κ1) is 14.5. The monoisotopic (exact) mass is 269 g/mol. The van der Waals surface area contributed by atoms with Gasteiger partial charge in [0.05, 0.1) is 17.1 Å². The Morgan fingerprint density at radius 3 is 2.60 bits per heavy atom. The largest absolute Gasteiger partial charge is 0.341 e. The van der Waals surface area contributed by atoms with Gasteiger partial charge in [-0.25, -0.2) is 4.98 Å². The molecule has 3 nitrogen and oxygen atoms in total. The van der Waals surface area contributed by atoms with Crippen LogP contribution in [0.25, 0.3) is 11.0 Å². The summed E-state index contributed by atoms with van der Waals surface area (Å²) in [7, 11) is 0. The molecular weight excluding hydrogens is 246 g/mol. The highest BCUT2D eigenvalue weighted by molar-refractivity contribution is 5.76. The van der Waals surface area contributed by atoms with Crippen molar-refractivity contribution in [3.8, 4) is 0 Å². The fraction of sp³-hybridized carbons (Fsp3) is 0.353. The van der Waals surface area contributed by atoms with E-state index in [-0.39, 0.29) is 6.04 Å². The van der Waals surface area contributed by atoms with E-state index in [0.29, 0.717) is 0 Å². The van der Waals surface area contributed by atoms with Gasteiger partial charge in [0.1, 0.15) is 5.82 Å². The summed E-state index contributed by atoms with van der Waals surface area (Å²) in [5, 5.41) is 0. The molecule has 2 rings (SSSR count). The highest BCUT2D eigenvalue weighted by Gasteiger charge is 2.17. The Balaban J connectivity index is 2.30. The van der Waals surface area contributed by atoms with Gasteiger partial charge in [0.25, 0.3) is 0 Å². The third-order valence-electron chi connectivity index (χ3n) is 3.64. The van der Waals surface area contributed by atoms with E-state index in [2.05, 4.69) is 55.1 Å². The van der Waals surface area contributed by atoms with Crippen molar-refractivity contribution in [1.82, 2.24) is 14.9 Å². The van der Waals surface area contributed by atoms with Gasteiger partial charge in [-0.1, -0.05) is 25.1 Å². The molecule has 2 aromatic rings. The summed E-state index contributed by atoms with van der Waals surface area (Å²) in [4.78, 5) is 10.4. The van der Waals surface area contributed by atoms with Crippen molar-refractivity contribution in [2.75, 3.05) is 13.1 Å². The molecule has 1 aromatic carbocycles. The molecule has 0 saturated carbocycles. The summed E-state index contributed by atoms with van der Waals surface area (Å²) in [6.07, 6.45) is 4.87. The zero-order chi connectivity index (χ0) is 14.5. The SMILES string of the molecule is C=CCN(CC=C)C(C)c1nc2ccc(CC)cc2[nH]1. The van der Waals surface area contributed by atoms with Crippen LogP contribution in [0.3, 0.4) is 0 Å². The summed E-state index contributed by atoms with van der Waals surface area (Å²) >= 11 is 0. The van der Waals surface area contributed by atoms with E-state index in [1.165, 1.54) is 5.56 Å². The number of H-pyrrole nitrogens is 1. The van der Waals surface area contributed by atoms with Crippen molar-refractivity contribution >= 4 is 11.0 Å². The predicted molar refractivity (Wildman–Crippen MR) is 85.9 cm³/mol. The van der Waals surface area contributed by atoms with Crippen LogP contribution in [0.1, 0.15) is 31.3 Å². The topological polar surface area (TPSA) is 31.9 Å². The quantitative estimate of drug-likeness (QED) is 0.774. The molecule has 0 radical (unpaired) electrons. The van der Waals surface area contributed by atoms with Crippen molar-refractivity contribution in [2.24, 2.45) is 0 Å². The minimum absolute atomic E-state index is 0.212. The molecule has 0 saturated heterocycles. The van der Waals surface area contributed by atoms with Gasteiger partial charge in [-0.2, -0.15) is 0 Å². The Hall–Kier alpha value is -1.87. The molecule has 1 aromatic heterocycles. The Morgan fingerprint density at radius 2 is 2.00 bits per heavy atom. The highest BCUT2D eigenvalue weighted by atomic mass is 15.2. The number of imidazole rings is 1. The Kier molecular flexibility index (Phi) is 4.74. The number of aromatic amines is 1. The van der Waals surface area contributed by atoms with E-state index >= 15 is 0 Å². The number of hydrogen-bond donors (Lipinski definition) is 1. The van der Waals surface area contributed by atoms with Crippen LogP contribution in [0.5, 0.6) is 0 Å². The Morgan fingerprint density at radius 1 is 1.30 bits per heavy atom. The minimum Gasteiger partial charge on any atom is -0.341 e. The van der Waals surface area contributed by atoms with Crippen molar-refractivity contribution < 1.29 is 0 Å². The van der Waals surface area contributed by atoms with Gasteiger partial charge in [0, 0.05) is 13.1 Å². The highest BCUT2D eigenvalue weighted by Crippen LogP contribution is 2.21. The number of nitrogens with one attached hydrogen (secondary N) is 1. The lowest BCUT2D eigenvalue weighted by Crippen LogP contribution is -2.28. The van der Waals surface area contributed by atoms with E-state index in [9.17, 15) is 0 Å². The zero-order valence-electron chi connectivity index (χ0n) is 12.4. The summed E-state index contributed by atoms with van der Waals surface area (Å²) < 4.78 is 0. The fourth-order valence-corrected chi connectivity index (χ4v) is 2.39. The Bertz CT molecular complexity index is 587. The van der Waals surface area contributed by atoms with Crippen LogP contribution in [0.2, 0.25) is 0 Å². The van der Waals surface area contributed by atoms with E-state index in [1.807, 2.05) is 12.2 Å². The molecule has 0 aliphatic carbocycles. The second-order valence-electron chi connectivity index (χ2n) is 5.03. The summed E-state index contributed by atoms with van der Waals surface area (Å²) in [5.41, 5.74) is 3.47. The maximum Gasteiger partial charge on any atom is 0.124 e. The van der Waals surface area contributed by atoms with Gasteiger partial charge in [0.2, 0.25) is 0 Å². The summed E-state index contributed by atoms with van der Waals surface area (Å²) in [5.74, 6) is 0.997. The number of benzene rings is 1. The van der Waals surface area contributed by atoms with Gasteiger partial charge >= 0.3 is 0 Å². The maximum absolute atomic E-state index is 4.71. The fourth-order valence-electron chi connectivity index (χ4n) is 2.39. The van der Waals surface area contributed by atoms with Gasteiger partial charge in [0.15, 0.2) is 0 Å². The number of hydrogen-bond acceptors (Lipinski definition) is 2. The third kappa shape index (κ3) is 2.99. The maximum atomic E-state index is 4.71. The second kappa shape index (κ2) is 6.53. The van der Waals surface area contributed by atoms with Gasteiger partial charge in [-0.05, 0) is 31.0 Å². The van der Waals surface area contributed by atoms with Crippen molar-refractivity contribution in [3.63, 3.8) is 0 Å². The predicted octanol–water partition coefficient (Wildman–Crippen LogP) is 3.86. The molecule has 0 fully saturated rings. The molecule has 106 valence electrons. The first-order valence-electron chi connectivity index (χ1n) is 7.14. The van der Waals surface area contributed by atoms with E-state index in [1.54, 1.807) is 0 Å².